The van der Waals surface area contributed by atoms with Crippen LogP contribution in [-0.2, 0) is 16.0 Å². The van der Waals surface area contributed by atoms with E-state index in [0.717, 1.165) is 16.8 Å². The van der Waals surface area contributed by atoms with Crippen molar-refractivity contribution in [3.63, 3.8) is 0 Å². The Kier molecular flexibility index (Phi) is 4.35. The fraction of sp³-hybridized carbons (Fsp3) is 0.176. The first kappa shape index (κ1) is 16.2. The van der Waals surface area contributed by atoms with Gasteiger partial charge in [-0.3, -0.25) is 4.79 Å². The molecule has 2 aromatic heterocycles. The molecule has 5 nitrogen and oxygen atoms in total. The molecule has 0 aliphatic carbocycles. The molecule has 7 heteroatoms. The van der Waals surface area contributed by atoms with Crippen molar-refractivity contribution < 1.29 is 18.7 Å². The summed E-state index contributed by atoms with van der Waals surface area (Å²) in [6.45, 7) is 1.84. The predicted molar refractivity (Wildman–Crippen MR) is 91.0 cm³/mol. The van der Waals surface area contributed by atoms with Crippen LogP contribution in [0.5, 0.6) is 0 Å². The zero-order valence-electron chi connectivity index (χ0n) is 13.1. The summed E-state index contributed by atoms with van der Waals surface area (Å²) in [7, 11) is 1.29. The standard InChI is InChI=1S/C17H15FN2O3S/c1-9-11(12-7-10(18)3-4-13(12)19-9)8-15(21)20-14-5-6-24-16(14)17(22)23-2/h3-7,19H,8H2,1-2H3,(H,20,21). The van der Waals surface area contributed by atoms with Crippen molar-refractivity contribution >= 4 is 39.8 Å². The van der Waals surface area contributed by atoms with Gasteiger partial charge >= 0.3 is 5.97 Å². The van der Waals surface area contributed by atoms with Crippen LogP contribution >= 0.6 is 11.3 Å². The Labute approximate surface area is 141 Å². The summed E-state index contributed by atoms with van der Waals surface area (Å²) in [4.78, 5) is 27.5. The van der Waals surface area contributed by atoms with Gasteiger partial charge in [-0.1, -0.05) is 0 Å². The second-order valence-corrected chi connectivity index (χ2v) is 6.21. The second kappa shape index (κ2) is 6.45. The first-order chi connectivity index (χ1) is 11.5. The molecular weight excluding hydrogens is 331 g/mol. The maximum Gasteiger partial charge on any atom is 0.350 e. The van der Waals surface area contributed by atoms with Crippen LogP contribution in [0.4, 0.5) is 10.1 Å². The van der Waals surface area contributed by atoms with E-state index in [1.807, 2.05) is 6.92 Å². The summed E-state index contributed by atoms with van der Waals surface area (Å²) in [5, 5.41) is 5.10. The minimum atomic E-state index is -0.495. The van der Waals surface area contributed by atoms with E-state index < -0.39 is 5.97 Å². The number of benzene rings is 1. The van der Waals surface area contributed by atoms with Gasteiger partial charge in [0.2, 0.25) is 5.91 Å². The number of hydrogen-bond acceptors (Lipinski definition) is 4. The average Bonchev–Trinajstić information content (AvgIpc) is 3.12. The number of aromatic amines is 1. The molecule has 0 spiro atoms. The van der Waals surface area contributed by atoms with Gasteiger partial charge in [-0.2, -0.15) is 0 Å². The molecule has 2 N–H and O–H groups in total. The monoisotopic (exact) mass is 346 g/mol. The Morgan fingerprint density at radius 2 is 2.12 bits per heavy atom. The minimum Gasteiger partial charge on any atom is -0.465 e. The van der Waals surface area contributed by atoms with Crippen LogP contribution < -0.4 is 5.32 Å². The molecule has 0 aliphatic heterocycles. The quantitative estimate of drug-likeness (QED) is 0.709. The number of H-pyrrole nitrogens is 1. The number of thiophene rings is 1. The lowest BCUT2D eigenvalue weighted by atomic mass is 10.1. The molecule has 124 valence electrons. The van der Waals surface area contributed by atoms with Crippen LogP contribution in [0.25, 0.3) is 10.9 Å². The first-order valence-corrected chi connectivity index (χ1v) is 8.10. The summed E-state index contributed by atoms with van der Waals surface area (Å²) in [6, 6.07) is 6.08. The number of aromatic nitrogens is 1. The molecule has 0 unspecified atom stereocenters. The number of anilines is 1. The largest absolute Gasteiger partial charge is 0.465 e. The molecule has 0 bridgehead atoms. The van der Waals surface area contributed by atoms with E-state index in [-0.39, 0.29) is 18.1 Å². The van der Waals surface area contributed by atoms with Gasteiger partial charge in [-0.25, -0.2) is 9.18 Å². The number of esters is 1. The third-order valence-electron chi connectivity index (χ3n) is 3.73. The fourth-order valence-electron chi connectivity index (χ4n) is 2.60. The van der Waals surface area contributed by atoms with Gasteiger partial charge in [0, 0.05) is 16.6 Å². The second-order valence-electron chi connectivity index (χ2n) is 5.30. The zero-order valence-corrected chi connectivity index (χ0v) is 13.9. The van der Waals surface area contributed by atoms with Gasteiger partial charge in [-0.15, -0.1) is 11.3 Å². The predicted octanol–water partition coefficient (Wildman–Crippen LogP) is 3.64. The van der Waals surface area contributed by atoms with Crippen LogP contribution in [-0.4, -0.2) is 24.0 Å². The highest BCUT2D eigenvalue weighted by Gasteiger charge is 2.18. The Hall–Kier alpha value is -2.67. The number of fused-ring (bicyclic) bond motifs is 1. The van der Waals surface area contributed by atoms with Crippen molar-refractivity contribution in [3.8, 4) is 0 Å². The van der Waals surface area contributed by atoms with Crippen molar-refractivity contribution in [2.24, 2.45) is 0 Å². The Morgan fingerprint density at radius 3 is 2.88 bits per heavy atom. The Morgan fingerprint density at radius 1 is 1.33 bits per heavy atom. The van der Waals surface area contributed by atoms with Crippen LogP contribution in [0.1, 0.15) is 20.9 Å². The number of rotatable bonds is 4. The van der Waals surface area contributed by atoms with Crippen molar-refractivity contribution in [1.29, 1.82) is 0 Å². The molecule has 24 heavy (non-hydrogen) atoms. The van der Waals surface area contributed by atoms with Gasteiger partial charge in [-0.05, 0) is 42.1 Å². The molecule has 2 heterocycles. The number of carbonyl (C=O) groups is 2. The highest BCUT2D eigenvalue weighted by molar-refractivity contribution is 7.12. The number of halogens is 1. The minimum absolute atomic E-state index is 0.0751. The van der Waals surface area contributed by atoms with Gasteiger partial charge in [0.05, 0.1) is 19.2 Å². The van der Waals surface area contributed by atoms with Gasteiger partial charge in [0.15, 0.2) is 0 Å². The maximum absolute atomic E-state index is 13.5. The third kappa shape index (κ3) is 3.03. The fourth-order valence-corrected chi connectivity index (χ4v) is 3.36. The van der Waals surface area contributed by atoms with Crippen molar-refractivity contribution in [2.45, 2.75) is 13.3 Å². The molecule has 0 fully saturated rings. The van der Waals surface area contributed by atoms with Crippen LogP contribution in [0.3, 0.4) is 0 Å². The van der Waals surface area contributed by atoms with E-state index in [4.69, 9.17) is 0 Å². The zero-order chi connectivity index (χ0) is 17.3. The highest BCUT2D eigenvalue weighted by atomic mass is 32.1. The Balaban J connectivity index is 1.83. The molecular formula is C17H15FN2O3S. The van der Waals surface area contributed by atoms with E-state index in [9.17, 15) is 14.0 Å². The van der Waals surface area contributed by atoms with Gasteiger partial charge in [0.1, 0.15) is 10.7 Å². The number of hydrogen-bond donors (Lipinski definition) is 2. The smallest absolute Gasteiger partial charge is 0.350 e. The number of amides is 1. The lowest BCUT2D eigenvalue weighted by Gasteiger charge is -2.06. The Bertz CT molecular complexity index is 929. The molecule has 1 aromatic carbocycles. The van der Waals surface area contributed by atoms with Crippen LogP contribution in [0, 0.1) is 12.7 Å². The topological polar surface area (TPSA) is 71.2 Å². The third-order valence-corrected chi connectivity index (χ3v) is 4.62. The van der Waals surface area contributed by atoms with E-state index in [1.54, 1.807) is 17.5 Å². The van der Waals surface area contributed by atoms with Gasteiger partial charge < -0.3 is 15.0 Å². The number of nitrogens with one attached hydrogen (secondary N) is 2. The number of ether oxygens (including phenoxy) is 1. The maximum atomic E-state index is 13.5. The van der Waals surface area contributed by atoms with Crippen LogP contribution in [0.2, 0.25) is 0 Å². The summed E-state index contributed by atoms with van der Waals surface area (Å²) >= 11 is 1.19. The highest BCUT2D eigenvalue weighted by Crippen LogP contribution is 2.26. The molecule has 0 saturated carbocycles. The lowest BCUT2D eigenvalue weighted by Crippen LogP contribution is -2.16. The lowest BCUT2D eigenvalue weighted by molar-refractivity contribution is -0.115. The molecule has 0 saturated heterocycles. The van der Waals surface area contributed by atoms with E-state index in [0.29, 0.717) is 16.0 Å². The molecule has 0 aliphatic rings. The first-order valence-electron chi connectivity index (χ1n) is 7.22. The van der Waals surface area contributed by atoms with Crippen molar-refractivity contribution in [2.75, 3.05) is 12.4 Å². The molecule has 3 rings (SSSR count). The summed E-state index contributed by atoms with van der Waals surface area (Å²) < 4.78 is 18.2. The molecule has 1 amide bonds. The van der Waals surface area contributed by atoms with E-state index in [1.165, 1.54) is 30.6 Å². The van der Waals surface area contributed by atoms with Crippen LogP contribution in [0.15, 0.2) is 29.6 Å². The van der Waals surface area contributed by atoms with E-state index >= 15 is 0 Å². The molecule has 3 aromatic rings. The summed E-state index contributed by atoms with van der Waals surface area (Å²) in [6.07, 6.45) is 0.0751. The number of methoxy groups -OCH3 is 1. The summed E-state index contributed by atoms with van der Waals surface area (Å²) in [5.41, 5.74) is 2.74. The molecule has 0 atom stereocenters. The normalized spacial score (nSPS) is 10.8. The summed E-state index contributed by atoms with van der Waals surface area (Å²) in [5.74, 6) is -1.13. The van der Waals surface area contributed by atoms with Crippen molar-refractivity contribution in [3.05, 3.63) is 51.6 Å². The van der Waals surface area contributed by atoms with E-state index in [2.05, 4.69) is 15.0 Å². The molecule has 0 radical (unpaired) electrons. The average molecular weight is 346 g/mol. The SMILES string of the molecule is COC(=O)c1sccc1NC(=O)Cc1c(C)[nH]c2ccc(F)cc12. The number of aryl methyl sites for hydroxylation is 1. The van der Waals surface area contributed by atoms with Crippen molar-refractivity contribution in [1.82, 2.24) is 4.98 Å². The van der Waals surface area contributed by atoms with Gasteiger partial charge in [0.25, 0.3) is 0 Å². The number of carbonyl (C=O) groups excluding carboxylic acids is 2.